The van der Waals surface area contributed by atoms with E-state index in [1.807, 2.05) is 18.2 Å². The number of ether oxygens (including phenoxy) is 2. The van der Waals surface area contributed by atoms with Crippen LogP contribution < -0.4 is 10.5 Å². The van der Waals surface area contributed by atoms with Crippen LogP contribution in [0, 0.1) is 0 Å². The summed E-state index contributed by atoms with van der Waals surface area (Å²) < 4.78 is 11.6. The van der Waals surface area contributed by atoms with E-state index in [4.69, 9.17) is 15.2 Å². The minimum atomic E-state index is 0.485. The third-order valence-electron chi connectivity index (χ3n) is 1.99. The predicted octanol–water partition coefficient (Wildman–Crippen LogP) is 2.32. The van der Waals surface area contributed by atoms with Gasteiger partial charge in [-0.05, 0) is 18.2 Å². The molecule has 0 aromatic heterocycles. The quantitative estimate of drug-likeness (QED) is 0.810. The largest absolute Gasteiger partial charge is 0.493 e. The Balaban J connectivity index is 2.52. The molecule has 4 heteroatoms. The summed E-state index contributed by atoms with van der Waals surface area (Å²) in [5, 5.41) is 0. The first-order valence-corrected chi connectivity index (χ1v) is 5.67. The van der Waals surface area contributed by atoms with Crippen molar-refractivity contribution >= 4 is 15.9 Å². The van der Waals surface area contributed by atoms with E-state index >= 15 is 0 Å². The van der Waals surface area contributed by atoms with Gasteiger partial charge < -0.3 is 15.2 Å². The number of benzene rings is 1. The molecule has 0 aliphatic rings. The molecule has 0 heterocycles. The first-order chi connectivity index (χ1) is 7.27. The van der Waals surface area contributed by atoms with E-state index in [0.29, 0.717) is 19.8 Å². The predicted molar refractivity (Wildman–Crippen MR) is 64.0 cm³/mol. The second-order valence-corrected chi connectivity index (χ2v) is 4.07. The van der Waals surface area contributed by atoms with Crippen molar-refractivity contribution in [3.8, 4) is 5.75 Å². The second-order valence-electron chi connectivity index (χ2n) is 3.15. The van der Waals surface area contributed by atoms with Crippen molar-refractivity contribution in [2.75, 3.05) is 20.3 Å². The lowest BCUT2D eigenvalue weighted by Crippen LogP contribution is -2.05. The maximum absolute atomic E-state index is 5.62. The van der Waals surface area contributed by atoms with Gasteiger partial charge >= 0.3 is 0 Å². The first-order valence-electron chi connectivity index (χ1n) is 4.88. The molecule has 1 aromatic carbocycles. The minimum absolute atomic E-state index is 0.485. The van der Waals surface area contributed by atoms with Crippen molar-refractivity contribution in [2.24, 2.45) is 5.73 Å². The molecule has 15 heavy (non-hydrogen) atoms. The Morgan fingerprint density at radius 2 is 2.13 bits per heavy atom. The van der Waals surface area contributed by atoms with Crippen molar-refractivity contribution in [1.29, 1.82) is 0 Å². The molecule has 0 bridgehead atoms. The van der Waals surface area contributed by atoms with Crippen molar-refractivity contribution in [1.82, 2.24) is 0 Å². The lowest BCUT2D eigenvalue weighted by molar-refractivity contribution is 0.172. The number of halogens is 1. The molecular weight excluding hydrogens is 258 g/mol. The van der Waals surface area contributed by atoms with Crippen molar-refractivity contribution < 1.29 is 9.47 Å². The molecule has 0 saturated heterocycles. The summed E-state index contributed by atoms with van der Waals surface area (Å²) in [5.41, 5.74) is 6.64. The SMILES string of the molecule is COCCCOc1ccc(Br)cc1CN. The zero-order valence-corrected chi connectivity index (χ0v) is 10.4. The molecule has 0 saturated carbocycles. The van der Waals surface area contributed by atoms with Gasteiger partial charge in [0.25, 0.3) is 0 Å². The van der Waals surface area contributed by atoms with E-state index in [-0.39, 0.29) is 0 Å². The molecule has 0 atom stereocenters. The Morgan fingerprint density at radius 3 is 2.80 bits per heavy atom. The number of nitrogens with two attached hydrogens (primary N) is 1. The Kier molecular flexibility index (Phi) is 5.68. The topological polar surface area (TPSA) is 44.5 Å². The van der Waals surface area contributed by atoms with Crippen LogP contribution in [0.2, 0.25) is 0 Å². The summed E-state index contributed by atoms with van der Waals surface area (Å²) in [6.07, 6.45) is 0.885. The van der Waals surface area contributed by atoms with Crippen molar-refractivity contribution in [2.45, 2.75) is 13.0 Å². The van der Waals surface area contributed by atoms with Crippen LogP contribution in [0.25, 0.3) is 0 Å². The Labute approximate surface area is 98.7 Å². The Bertz CT molecular complexity index is 305. The molecule has 3 nitrogen and oxygen atoms in total. The fourth-order valence-corrected chi connectivity index (χ4v) is 1.64. The van der Waals surface area contributed by atoms with Crippen molar-refractivity contribution in [3.05, 3.63) is 28.2 Å². The molecule has 1 aromatic rings. The lowest BCUT2D eigenvalue weighted by Gasteiger charge is -2.10. The highest BCUT2D eigenvalue weighted by Crippen LogP contribution is 2.22. The molecule has 0 spiro atoms. The van der Waals surface area contributed by atoms with Gasteiger partial charge in [-0.15, -0.1) is 0 Å². The van der Waals surface area contributed by atoms with Gasteiger partial charge in [0, 0.05) is 36.7 Å². The highest BCUT2D eigenvalue weighted by Gasteiger charge is 2.02. The van der Waals surface area contributed by atoms with Crippen LogP contribution in [0.4, 0.5) is 0 Å². The van der Waals surface area contributed by atoms with Crippen molar-refractivity contribution in [3.63, 3.8) is 0 Å². The lowest BCUT2D eigenvalue weighted by atomic mass is 10.2. The van der Waals surface area contributed by atoms with E-state index in [0.717, 1.165) is 22.2 Å². The van der Waals surface area contributed by atoms with Gasteiger partial charge in [-0.2, -0.15) is 0 Å². The first kappa shape index (κ1) is 12.5. The Morgan fingerprint density at radius 1 is 1.33 bits per heavy atom. The molecule has 0 aliphatic heterocycles. The summed E-state index contributed by atoms with van der Waals surface area (Å²) >= 11 is 3.40. The van der Waals surface area contributed by atoms with Crippen LogP contribution in [0.1, 0.15) is 12.0 Å². The molecule has 1 rings (SSSR count). The van der Waals surface area contributed by atoms with E-state index in [9.17, 15) is 0 Å². The van der Waals surface area contributed by atoms with Gasteiger partial charge in [-0.25, -0.2) is 0 Å². The van der Waals surface area contributed by atoms with Crippen LogP contribution in [-0.2, 0) is 11.3 Å². The molecular formula is C11H16BrNO2. The van der Waals surface area contributed by atoms with E-state index in [1.54, 1.807) is 7.11 Å². The summed E-state index contributed by atoms with van der Waals surface area (Å²) in [5.74, 6) is 0.858. The number of hydrogen-bond donors (Lipinski definition) is 1. The average Bonchev–Trinajstić information content (AvgIpc) is 2.26. The third kappa shape index (κ3) is 4.20. The monoisotopic (exact) mass is 273 g/mol. The van der Waals surface area contributed by atoms with Crippen LogP contribution in [0.15, 0.2) is 22.7 Å². The molecule has 0 amide bonds. The normalized spacial score (nSPS) is 10.3. The fourth-order valence-electron chi connectivity index (χ4n) is 1.23. The molecule has 84 valence electrons. The zero-order chi connectivity index (χ0) is 11.1. The molecule has 0 fully saturated rings. The van der Waals surface area contributed by atoms with Gasteiger partial charge in [0.15, 0.2) is 0 Å². The van der Waals surface area contributed by atoms with Crippen LogP contribution in [-0.4, -0.2) is 20.3 Å². The van der Waals surface area contributed by atoms with E-state index in [1.165, 1.54) is 0 Å². The Hall–Kier alpha value is -0.580. The van der Waals surface area contributed by atoms with Crippen LogP contribution >= 0.6 is 15.9 Å². The molecule has 2 N–H and O–H groups in total. The highest BCUT2D eigenvalue weighted by molar-refractivity contribution is 9.10. The van der Waals surface area contributed by atoms with Crippen LogP contribution in [0.5, 0.6) is 5.75 Å². The number of methoxy groups -OCH3 is 1. The maximum Gasteiger partial charge on any atom is 0.123 e. The minimum Gasteiger partial charge on any atom is -0.493 e. The smallest absolute Gasteiger partial charge is 0.123 e. The summed E-state index contributed by atoms with van der Waals surface area (Å²) in [7, 11) is 1.69. The number of rotatable bonds is 6. The zero-order valence-electron chi connectivity index (χ0n) is 8.83. The van der Waals surface area contributed by atoms with E-state index in [2.05, 4.69) is 15.9 Å². The van der Waals surface area contributed by atoms with E-state index < -0.39 is 0 Å². The molecule has 0 unspecified atom stereocenters. The van der Waals surface area contributed by atoms with Gasteiger partial charge in [0.05, 0.1) is 6.61 Å². The van der Waals surface area contributed by atoms with Gasteiger partial charge in [-0.3, -0.25) is 0 Å². The highest BCUT2D eigenvalue weighted by atomic mass is 79.9. The molecule has 0 radical (unpaired) electrons. The average molecular weight is 274 g/mol. The summed E-state index contributed by atoms with van der Waals surface area (Å²) in [4.78, 5) is 0. The molecule has 0 aliphatic carbocycles. The standard InChI is InChI=1S/C11H16BrNO2/c1-14-5-2-6-15-11-4-3-10(12)7-9(11)8-13/h3-4,7H,2,5-6,8,13H2,1H3. The second kappa shape index (κ2) is 6.82. The number of hydrogen-bond acceptors (Lipinski definition) is 3. The van der Waals surface area contributed by atoms with Gasteiger partial charge in [0.2, 0.25) is 0 Å². The van der Waals surface area contributed by atoms with Crippen LogP contribution in [0.3, 0.4) is 0 Å². The third-order valence-corrected chi connectivity index (χ3v) is 2.49. The van der Waals surface area contributed by atoms with Gasteiger partial charge in [0.1, 0.15) is 5.75 Å². The fraction of sp³-hybridized carbons (Fsp3) is 0.455. The summed E-state index contributed by atoms with van der Waals surface area (Å²) in [6.45, 7) is 1.86. The summed E-state index contributed by atoms with van der Waals surface area (Å²) in [6, 6.07) is 5.86. The maximum atomic E-state index is 5.62. The van der Waals surface area contributed by atoms with Gasteiger partial charge in [-0.1, -0.05) is 15.9 Å².